The van der Waals surface area contributed by atoms with Gasteiger partial charge in [-0.05, 0) is 30.9 Å². The third-order valence-electron chi connectivity index (χ3n) is 5.42. The van der Waals surface area contributed by atoms with E-state index in [-0.39, 0.29) is 17.9 Å². The fourth-order valence-electron chi connectivity index (χ4n) is 3.95. The van der Waals surface area contributed by atoms with Gasteiger partial charge in [0.1, 0.15) is 0 Å². The number of hydrazine groups is 1. The van der Waals surface area contributed by atoms with Crippen molar-refractivity contribution in [2.24, 2.45) is 17.3 Å². The summed E-state index contributed by atoms with van der Waals surface area (Å²) < 4.78 is 6.33. The summed E-state index contributed by atoms with van der Waals surface area (Å²) in [5, 5.41) is 1.43. The number of thiophene rings is 1. The molecule has 1 fully saturated rings. The molecule has 0 saturated carbocycles. The predicted molar refractivity (Wildman–Crippen MR) is 108 cm³/mol. The lowest BCUT2D eigenvalue weighted by molar-refractivity contribution is -0.118. The number of rotatable bonds is 7. The van der Waals surface area contributed by atoms with Crippen LogP contribution in [0.2, 0.25) is 0 Å². The lowest BCUT2D eigenvalue weighted by atomic mass is 9.82. The molecule has 1 amide bonds. The zero-order valence-corrected chi connectivity index (χ0v) is 16.9. The van der Waals surface area contributed by atoms with E-state index in [0.717, 1.165) is 45.4 Å². The second-order valence-electron chi connectivity index (χ2n) is 7.43. The van der Waals surface area contributed by atoms with Gasteiger partial charge in [-0.2, -0.15) is 0 Å². The number of hydrogen-bond acceptors (Lipinski definition) is 7. The summed E-state index contributed by atoms with van der Waals surface area (Å²) in [6.45, 7) is 5.95. The molecule has 0 radical (unpaired) electrons. The van der Waals surface area contributed by atoms with Crippen LogP contribution in [0.25, 0.3) is 0 Å². The van der Waals surface area contributed by atoms with E-state index in [1.807, 2.05) is 11.3 Å². The number of amides is 1. The van der Waals surface area contributed by atoms with E-state index < -0.39 is 0 Å². The van der Waals surface area contributed by atoms with Crippen molar-refractivity contribution in [1.82, 2.24) is 9.91 Å². The Labute approximate surface area is 165 Å². The molecule has 1 aromatic heterocycles. The molecule has 2 aliphatic rings. The van der Waals surface area contributed by atoms with Crippen LogP contribution in [0.5, 0.6) is 0 Å². The molecule has 1 spiro atoms. The van der Waals surface area contributed by atoms with E-state index in [4.69, 9.17) is 22.0 Å². The van der Waals surface area contributed by atoms with Crippen molar-refractivity contribution in [3.05, 3.63) is 33.3 Å². The second-order valence-corrected chi connectivity index (χ2v) is 8.65. The number of primary amides is 1. The van der Waals surface area contributed by atoms with Gasteiger partial charge in [0.15, 0.2) is 0 Å². The highest BCUT2D eigenvalue weighted by Crippen LogP contribution is 2.44. The minimum Gasteiger partial charge on any atom is -0.400 e. The average Bonchev–Trinajstić information content (AvgIpc) is 3.07. The van der Waals surface area contributed by atoms with Crippen LogP contribution in [0.15, 0.2) is 18.0 Å². The topological polar surface area (TPSA) is 111 Å². The first-order valence-corrected chi connectivity index (χ1v) is 10.5. The van der Waals surface area contributed by atoms with Crippen molar-refractivity contribution in [3.8, 4) is 0 Å². The van der Waals surface area contributed by atoms with Crippen molar-refractivity contribution in [2.75, 3.05) is 32.8 Å². The maximum absolute atomic E-state index is 10.8. The first-order chi connectivity index (χ1) is 12.9. The van der Waals surface area contributed by atoms with Gasteiger partial charge in [0, 0.05) is 60.7 Å². The number of nitrogens with two attached hydrogens (primary N) is 3. The van der Waals surface area contributed by atoms with E-state index in [1.54, 1.807) is 6.20 Å². The molecule has 3 heterocycles. The molecule has 0 bridgehead atoms. The van der Waals surface area contributed by atoms with Gasteiger partial charge < -0.3 is 21.2 Å². The highest BCUT2D eigenvalue weighted by Gasteiger charge is 2.41. The molecule has 1 aromatic rings. The Morgan fingerprint density at radius 3 is 2.81 bits per heavy atom. The quantitative estimate of drug-likeness (QED) is 0.471. The molecule has 0 atom stereocenters. The summed E-state index contributed by atoms with van der Waals surface area (Å²) >= 11 is 1.95. The van der Waals surface area contributed by atoms with E-state index in [1.165, 1.54) is 20.3 Å². The number of fused-ring (bicyclic) bond motifs is 2. The number of carbonyl (C=O) groups excluding carboxylic acids is 1. The van der Waals surface area contributed by atoms with Crippen LogP contribution in [0, 0.1) is 0 Å². The molecule has 3 rings (SSSR count). The smallest absolute Gasteiger partial charge is 0.219 e. The normalized spacial score (nSPS) is 19.9. The number of hydrogen-bond donors (Lipinski definition) is 3. The molecule has 8 heteroatoms. The van der Waals surface area contributed by atoms with Crippen molar-refractivity contribution in [1.29, 1.82) is 0 Å². The molecule has 2 aliphatic heterocycles. The van der Waals surface area contributed by atoms with Crippen molar-refractivity contribution in [2.45, 2.75) is 44.6 Å². The molecule has 7 nitrogen and oxygen atoms in total. The number of aryl methyl sites for hydroxylation is 1. The lowest BCUT2D eigenvalue weighted by Gasteiger charge is -2.44. The summed E-state index contributed by atoms with van der Waals surface area (Å²) in [5.41, 5.74) is 13.3. The van der Waals surface area contributed by atoms with Gasteiger partial charge >= 0.3 is 0 Å². The molecule has 0 unspecified atom stereocenters. The SMILES string of the molecule is CCc1cc2c(s1)CCOC21CCN(C/C(N)=C/N(N)CCC(N)=O)CC1. The Morgan fingerprint density at radius 1 is 1.41 bits per heavy atom. The molecule has 150 valence electrons. The molecule has 1 saturated heterocycles. The van der Waals surface area contributed by atoms with Crippen molar-refractivity contribution >= 4 is 17.2 Å². The molecule has 6 N–H and O–H groups in total. The summed E-state index contributed by atoms with van der Waals surface area (Å²) in [7, 11) is 0. The monoisotopic (exact) mass is 393 g/mol. The minimum absolute atomic E-state index is 0.117. The maximum Gasteiger partial charge on any atom is 0.219 e. The summed E-state index contributed by atoms with van der Waals surface area (Å²) in [6, 6.07) is 2.37. The Bertz CT molecular complexity index is 694. The van der Waals surface area contributed by atoms with Crippen LogP contribution >= 0.6 is 11.3 Å². The van der Waals surface area contributed by atoms with Crippen LogP contribution < -0.4 is 17.3 Å². The number of ether oxygens (including phenoxy) is 1. The van der Waals surface area contributed by atoms with Crippen LogP contribution in [0.1, 0.15) is 41.5 Å². The Hall–Kier alpha value is -1.61. The predicted octanol–water partition coefficient (Wildman–Crippen LogP) is 1.03. The lowest BCUT2D eigenvalue weighted by Crippen LogP contribution is -2.47. The van der Waals surface area contributed by atoms with Gasteiger partial charge in [-0.25, -0.2) is 5.84 Å². The van der Waals surface area contributed by atoms with E-state index in [0.29, 0.717) is 18.8 Å². The Morgan fingerprint density at radius 2 is 2.15 bits per heavy atom. The molecular formula is C19H31N5O2S. The van der Waals surface area contributed by atoms with Crippen LogP contribution in [-0.4, -0.2) is 48.6 Å². The fraction of sp³-hybridized carbons (Fsp3) is 0.632. The van der Waals surface area contributed by atoms with Crippen molar-refractivity contribution in [3.63, 3.8) is 0 Å². The molecular weight excluding hydrogens is 362 g/mol. The second kappa shape index (κ2) is 8.60. The zero-order chi connectivity index (χ0) is 19.4. The maximum atomic E-state index is 10.8. The Kier molecular flexibility index (Phi) is 6.41. The highest BCUT2D eigenvalue weighted by atomic mass is 32.1. The third kappa shape index (κ3) is 4.82. The van der Waals surface area contributed by atoms with Crippen molar-refractivity contribution < 1.29 is 9.53 Å². The number of likely N-dealkylation sites (tertiary alicyclic amines) is 1. The van der Waals surface area contributed by atoms with E-state index in [9.17, 15) is 4.79 Å². The van der Waals surface area contributed by atoms with Crippen LogP contribution in [0.4, 0.5) is 0 Å². The fourth-order valence-corrected chi connectivity index (χ4v) is 5.13. The van der Waals surface area contributed by atoms with Crippen LogP contribution in [-0.2, 0) is 28.0 Å². The highest BCUT2D eigenvalue weighted by molar-refractivity contribution is 7.12. The number of carbonyl (C=O) groups is 1. The third-order valence-corrected chi connectivity index (χ3v) is 6.76. The zero-order valence-electron chi connectivity index (χ0n) is 16.1. The van der Waals surface area contributed by atoms with Gasteiger partial charge in [-0.15, -0.1) is 11.3 Å². The van der Waals surface area contributed by atoms with Gasteiger partial charge in [0.05, 0.1) is 12.2 Å². The molecule has 27 heavy (non-hydrogen) atoms. The van der Waals surface area contributed by atoms with E-state index >= 15 is 0 Å². The largest absolute Gasteiger partial charge is 0.400 e. The first kappa shape index (κ1) is 20.1. The van der Waals surface area contributed by atoms with Gasteiger partial charge in [0.25, 0.3) is 0 Å². The summed E-state index contributed by atoms with van der Waals surface area (Å²) in [6.07, 6.45) is 6.01. The summed E-state index contributed by atoms with van der Waals surface area (Å²) in [4.78, 5) is 16.1. The van der Waals surface area contributed by atoms with E-state index in [2.05, 4.69) is 17.9 Å². The van der Waals surface area contributed by atoms with Gasteiger partial charge in [-0.3, -0.25) is 9.69 Å². The first-order valence-electron chi connectivity index (χ1n) is 9.66. The molecule has 0 aliphatic carbocycles. The summed E-state index contributed by atoms with van der Waals surface area (Å²) in [5.74, 6) is 5.47. The average molecular weight is 394 g/mol. The minimum atomic E-state index is -0.370. The molecule has 0 aromatic carbocycles. The number of piperidine rings is 1. The Balaban J connectivity index is 1.56. The standard InChI is InChI=1S/C19H31N5O2S/c1-2-15-11-16-17(27-15)4-10-26-19(16)5-8-23(9-6-19)12-14(20)13-24(22)7-3-18(21)25/h11,13H,2-10,12,20,22H2,1H3,(H2,21,25)/b14-13-. The van der Waals surface area contributed by atoms with Crippen LogP contribution in [0.3, 0.4) is 0 Å². The van der Waals surface area contributed by atoms with Gasteiger partial charge in [-0.1, -0.05) is 6.92 Å². The number of nitrogens with zero attached hydrogens (tertiary/aromatic N) is 2. The van der Waals surface area contributed by atoms with Gasteiger partial charge in [0.2, 0.25) is 5.91 Å².